The minimum absolute atomic E-state index is 0.00479. The number of carbonyl (C=O) groups excluding carboxylic acids is 1. The van der Waals surface area contributed by atoms with Crippen LogP contribution in [0.15, 0.2) is 40.9 Å². The van der Waals surface area contributed by atoms with Gasteiger partial charge in [-0.25, -0.2) is 4.79 Å². The first-order valence-corrected chi connectivity index (χ1v) is 9.29. The van der Waals surface area contributed by atoms with Gasteiger partial charge in [-0.1, -0.05) is 35.5 Å². The molecule has 4 saturated carbocycles. The van der Waals surface area contributed by atoms with Gasteiger partial charge in [0.05, 0.1) is 0 Å². The molecule has 4 aliphatic carbocycles. The van der Waals surface area contributed by atoms with Crippen LogP contribution in [-0.2, 0) is 0 Å². The quantitative estimate of drug-likeness (QED) is 0.870. The van der Waals surface area contributed by atoms with E-state index in [1.807, 2.05) is 30.3 Å². The number of nitrogens with zero attached hydrogens (tertiary/aromatic N) is 1. The van der Waals surface area contributed by atoms with Crippen molar-refractivity contribution < 1.29 is 9.32 Å². The van der Waals surface area contributed by atoms with Gasteiger partial charge in [0.2, 0.25) is 0 Å². The zero-order chi connectivity index (χ0) is 16.9. The maximum Gasteiger partial charge on any atom is 0.320 e. The topological polar surface area (TPSA) is 67.2 Å². The molecule has 2 amide bonds. The van der Waals surface area contributed by atoms with Crippen molar-refractivity contribution in [3.8, 4) is 11.3 Å². The molecule has 0 saturated heterocycles. The summed E-state index contributed by atoms with van der Waals surface area (Å²) >= 11 is 0. The van der Waals surface area contributed by atoms with Gasteiger partial charge in [-0.3, -0.25) is 5.32 Å². The van der Waals surface area contributed by atoms with Crippen LogP contribution in [0.1, 0.15) is 38.5 Å². The SMILES string of the molecule is O=C(Nc1cc(-c2ccccc2)on1)NC12CC3CC(CC(C3)C1)C2. The number of aromatic nitrogens is 1. The standard InChI is InChI=1S/C20H23N3O2/c24-19(21-18-9-17(25-23-18)16-4-2-1-3-5-16)22-20-10-13-6-14(11-20)8-15(7-13)12-20/h1-5,9,13-15H,6-8,10-12H2,(H2,21,22,23,24). The lowest BCUT2D eigenvalue weighted by Gasteiger charge is -2.56. The van der Waals surface area contributed by atoms with E-state index in [4.69, 9.17) is 4.52 Å². The van der Waals surface area contributed by atoms with Crippen molar-refractivity contribution in [2.24, 2.45) is 17.8 Å². The highest BCUT2D eigenvalue weighted by Gasteiger charge is 2.51. The first-order chi connectivity index (χ1) is 12.2. The number of nitrogens with one attached hydrogen (secondary N) is 2. The third-order valence-electron chi connectivity index (χ3n) is 6.23. The summed E-state index contributed by atoms with van der Waals surface area (Å²) < 4.78 is 5.35. The Kier molecular flexibility index (Phi) is 3.37. The monoisotopic (exact) mass is 337 g/mol. The van der Waals surface area contributed by atoms with Crippen molar-refractivity contribution in [1.29, 1.82) is 0 Å². The molecule has 1 aromatic carbocycles. The number of benzene rings is 1. The van der Waals surface area contributed by atoms with E-state index in [1.54, 1.807) is 6.07 Å². The Bertz CT molecular complexity index is 748. The Hall–Kier alpha value is -2.30. The Labute approximate surface area is 147 Å². The Balaban J connectivity index is 1.26. The molecule has 5 nitrogen and oxygen atoms in total. The summed E-state index contributed by atoms with van der Waals surface area (Å²) in [4.78, 5) is 12.5. The molecule has 0 aliphatic heterocycles. The van der Waals surface area contributed by atoms with Crippen molar-refractivity contribution in [3.63, 3.8) is 0 Å². The Morgan fingerprint density at radius 1 is 1.04 bits per heavy atom. The third kappa shape index (κ3) is 2.81. The van der Waals surface area contributed by atoms with E-state index in [9.17, 15) is 4.79 Å². The molecule has 130 valence electrons. The first kappa shape index (κ1) is 15.0. The lowest BCUT2D eigenvalue weighted by atomic mass is 9.53. The predicted octanol–water partition coefficient (Wildman–Crippen LogP) is 4.43. The second kappa shape index (κ2) is 5.61. The van der Waals surface area contributed by atoms with Crippen LogP contribution in [0, 0.1) is 17.8 Å². The number of urea groups is 1. The minimum Gasteiger partial charge on any atom is -0.354 e. The van der Waals surface area contributed by atoms with Crippen LogP contribution in [0.2, 0.25) is 0 Å². The lowest BCUT2D eigenvalue weighted by Crippen LogP contribution is -2.60. The molecule has 4 aliphatic rings. The smallest absolute Gasteiger partial charge is 0.320 e. The van der Waals surface area contributed by atoms with Crippen LogP contribution in [0.3, 0.4) is 0 Å². The van der Waals surface area contributed by atoms with Gasteiger partial charge >= 0.3 is 6.03 Å². The normalized spacial score (nSPS) is 32.6. The third-order valence-corrected chi connectivity index (χ3v) is 6.23. The summed E-state index contributed by atoms with van der Waals surface area (Å²) in [7, 11) is 0. The van der Waals surface area contributed by atoms with Crippen LogP contribution in [0.4, 0.5) is 10.6 Å². The number of anilines is 1. The molecule has 0 spiro atoms. The molecular formula is C20H23N3O2. The van der Waals surface area contributed by atoms with Crippen LogP contribution in [0.5, 0.6) is 0 Å². The molecule has 4 fully saturated rings. The highest BCUT2D eigenvalue weighted by atomic mass is 16.5. The summed E-state index contributed by atoms with van der Waals surface area (Å²) in [5, 5.41) is 10.1. The predicted molar refractivity (Wildman–Crippen MR) is 95.0 cm³/mol. The zero-order valence-electron chi connectivity index (χ0n) is 14.2. The van der Waals surface area contributed by atoms with Gasteiger partial charge in [-0.05, 0) is 56.3 Å². The van der Waals surface area contributed by atoms with Gasteiger partial charge in [0, 0.05) is 17.2 Å². The number of hydrogen-bond donors (Lipinski definition) is 2. The molecule has 0 unspecified atom stereocenters. The maximum absolute atomic E-state index is 12.5. The van der Waals surface area contributed by atoms with Crippen LogP contribution in [0.25, 0.3) is 11.3 Å². The fourth-order valence-electron chi connectivity index (χ4n) is 5.72. The first-order valence-electron chi connectivity index (χ1n) is 9.29. The second-order valence-corrected chi connectivity index (χ2v) is 8.22. The molecule has 0 atom stereocenters. The Morgan fingerprint density at radius 2 is 1.68 bits per heavy atom. The van der Waals surface area contributed by atoms with E-state index >= 15 is 0 Å². The van der Waals surface area contributed by atoms with Crippen molar-refractivity contribution in [2.45, 2.75) is 44.1 Å². The van der Waals surface area contributed by atoms with Gasteiger partial charge in [-0.2, -0.15) is 0 Å². The van der Waals surface area contributed by atoms with E-state index in [1.165, 1.54) is 19.3 Å². The van der Waals surface area contributed by atoms with Crippen LogP contribution >= 0.6 is 0 Å². The van der Waals surface area contributed by atoms with Crippen molar-refractivity contribution in [3.05, 3.63) is 36.4 Å². The Morgan fingerprint density at radius 3 is 2.32 bits per heavy atom. The molecule has 0 radical (unpaired) electrons. The molecule has 5 heteroatoms. The molecule has 4 bridgehead atoms. The number of hydrogen-bond acceptors (Lipinski definition) is 3. The number of amides is 2. The van der Waals surface area contributed by atoms with Crippen LogP contribution in [-0.4, -0.2) is 16.7 Å². The van der Waals surface area contributed by atoms with Crippen molar-refractivity contribution >= 4 is 11.8 Å². The number of carbonyl (C=O) groups is 1. The van der Waals surface area contributed by atoms with Crippen molar-refractivity contribution in [1.82, 2.24) is 10.5 Å². The van der Waals surface area contributed by atoms with E-state index in [0.717, 1.165) is 42.6 Å². The van der Waals surface area contributed by atoms with Crippen molar-refractivity contribution in [2.75, 3.05) is 5.32 Å². The van der Waals surface area contributed by atoms with Gasteiger partial charge in [0.1, 0.15) is 0 Å². The lowest BCUT2D eigenvalue weighted by molar-refractivity contribution is -0.0127. The molecule has 1 aromatic heterocycles. The molecule has 25 heavy (non-hydrogen) atoms. The van der Waals surface area contributed by atoms with E-state index in [2.05, 4.69) is 15.8 Å². The summed E-state index contributed by atoms with van der Waals surface area (Å²) in [5.74, 6) is 3.54. The minimum atomic E-state index is -0.158. The molecule has 6 rings (SSSR count). The number of rotatable bonds is 3. The summed E-state index contributed by atoms with van der Waals surface area (Å²) in [5.41, 5.74) is 0.953. The highest BCUT2D eigenvalue weighted by Crippen LogP contribution is 2.55. The van der Waals surface area contributed by atoms with E-state index < -0.39 is 0 Å². The molecule has 1 heterocycles. The van der Waals surface area contributed by atoms with Crippen LogP contribution < -0.4 is 10.6 Å². The van der Waals surface area contributed by atoms with Gasteiger partial charge < -0.3 is 9.84 Å². The molecule has 2 N–H and O–H groups in total. The fourth-order valence-corrected chi connectivity index (χ4v) is 5.72. The summed E-state index contributed by atoms with van der Waals surface area (Å²) in [6.07, 6.45) is 7.52. The summed E-state index contributed by atoms with van der Waals surface area (Å²) in [6, 6.07) is 11.4. The largest absolute Gasteiger partial charge is 0.354 e. The van der Waals surface area contributed by atoms with Gasteiger partial charge in [0.15, 0.2) is 11.6 Å². The van der Waals surface area contributed by atoms with Gasteiger partial charge in [0.25, 0.3) is 0 Å². The van der Waals surface area contributed by atoms with E-state index in [0.29, 0.717) is 11.6 Å². The fraction of sp³-hybridized carbons (Fsp3) is 0.500. The molecule has 2 aromatic rings. The average Bonchev–Trinajstić information content (AvgIpc) is 3.02. The average molecular weight is 337 g/mol. The van der Waals surface area contributed by atoms with E-state index in [-0.39, 0.29) is 11.6 Å². The highest BCUT2D eigenvalue weighted by molar-refractivity contribution is 5.89. The molecular weight excluding hydrogens is 314 g/mol. The maximum atomic E-state index is 12.5. The zero-order valence-corrected chi connectivity index (χ0v) is 14.2. The second-order valence-electron chi connectivity index (χ2n) is 8.22. The van der Waals surface area contributed by atoms with Gasteiger partial charge in [-0.15, -0.1) is 0 Å². The summed E-state index contributed by atoms with van der Waals surface area (Å²) in [6.45, 7) is 0.